The number of thiophene rings is 1. The summed E-state index contributed by atoms with van der Waals surface area (Å²) in [5.41, 5.74) is 2.15. The van der Waals surface area contributed by atoms with Crippen molar-refractivity contribution in [1.29, 1.82) is 0 Å². The van der Waals surface area contributed by atoms with E-state index in [2.05, 4.69) is 10.6 Å². The number of rotatable bonds is 7. The minimum absolute atomic E-state index is 0.159. The molecule has 2 aliphatic rings. The fourth-order valence-corrected chi connectivity index (χ4v) is 4.90. The van der Waals surface area contributed by atoms with E-state index in [0.29, 0.717) is 22.1 Å². The maximum absolute atomic E-state index is 13.0. The summed E-state index contributed by atoms with van der Waals surface area (Å²) in [6.07, 6.45) is 1.62. The van der Waals surface area contributed by atoms with Gasteiger partial charge in [0.15, 0.2) is 17.6 Å². The number of amides is 2. The standard InChI is InChI=1S/C23H26N2O6S/c1-12(2)20(26)25-22-19(15-5-4-6-18(15)32-22)23(28)31-13(3)21(27)24-10-14-7-8-16-17(9-14)30-11-29-16/h7-9,12-13H,4-6,10-11H2,1-3H3,(H,24,27)(H,25,26)/t13-/m0/s1. The number of carbonyl (C=O) groups excluding carboxylic acids is 3. The van der Waals surface area contributed by atoms with Gasteiger partial charge in [0.25, 0.3) is 5.91 Å². The molecule has 9 heteroatoms. The Balaban J connectivity index is 1.40. The number of benzene rings is 1. The zero-order valence-corrected chi connectivity index (χ0v) is 19.1. The average Bonchev–Trinajstić information content (AvgIpc) is 3.46. The molecule has 1 aliphatic carbocycles. The van der Waals surface area contributed by atoms with Gasteiger partial charge in [0.05, 0.1) is 5.56 Å². The van der Waals surface area contributed by atoms with E-state index in [1.54, 1.807) is 26.0 Å². The summed E-state index contributed by atoms with van der Waals surface area (Å²) in [6.45, 7) is 5.57. The fourth-order valence-electron chi connectivity index (χ4n) is 3.62. The van der Waals surface area contributed by atoms with Crippen LogP contribution in [0.15, 0.2) is 18.2 Å². The highest BCUT2D eigenvalue weighted by Crippen LogP contribution is 2.40. The van der Waals surface area contributed by atoms with E-state index in [4.69, 9.17) is 14.2 Å². The summed E-state index contributed by atoms with van der Waals surface area (Å²) < 4.78 is 16.1. The van der Waals surface area contributed by atoms with E-state index in [-0.39, 0.29) is 25.2 Å². The number of ether oxygens (including phenoxy) is 3. The number of aryl methyl sites for hydroxylation is 1. The minimum Gasteiger partial charge on any atom is -0.454 e. The summed E-state index contributed by atoms with van der Waals surface area (Å²) >= 11 is 1.42. The molecule has 1 atom stereocenters. The second-order valence-electron chi connectivity index (χ2n) is 8.16. The molecule has 170 valence electrons. The predicted molar refractivity (Wildman–Crippen MR) is 119 cm³/mol. The lowest BCUT2D eigenvalue weighted by Crippen LogP contribution is -2.35. The summed E-state index contributed by atoms with van der Waals surface area (Å²) in [5.74, 6) is -0.0560. The van der Waals surface area contributed by atoms with E-state index in [1.807, 2.05) is 6.07 Å². The Bertz CT molecular complexity index is 1060. The molecular formula is C23H26N2O6S. The lowest BCUT2D eigenvalue weighted by Gasteiger charge is -2.15. The molecule has 2 N–H and O–H groups in total. The van der Waals surface area contributed by atoms with Crippen LogP contribution in [0.5, 0.6) is 11.5 Å². The zero-order valence-electron chi connectivity index (χ0n) is 18.3. The summed E-state index contributed by atoms with van der Waals surface area (Å²) in [6, 6.07) is 5.43. The van der Waals surface area contributed by atoms with E-state index in [1.165, 1.54) is 18.3 Å². The van der Waals surface area contributed by atoms with Crippen molar-refractivity contribution in [3.63, 3.8) is 0 Å². The number of fused-ring (bicyclic) bond motifs is 2. The van der Waals surface area contributed by atoms with Crippen molar-refractivity contribution in [2.45, 2.75) is 52.7 Å². The zero-order chi connectivity index (χ0) is 22.8. The largest absolute Gasteiger partial charge is 0.454 e. The van der Waals surface area contributed by atoms with Crippen LogP contribution in [-0.2, 0) is 33.7 Å². The van der Waals surface area contributed by atoms with Gasteiger partial charge in [0, 0.05) is 17.3 Å². The van der Waals surface area contributed by atoms with Gasteiger partial charge in [-0.05, 0) is 49.4 Å². The molecule has 0 bridgehead atoms. The molecule has 2 heterocycles. The summed E-state index contributed by atoms with van der Waals surface area (Å²) in [4.78, 5) is 38.8. The van der Waals surface area contributed by atoms with Gasteiger partial charge >= 0.3 is 5.97 Å². The average molecular weight is 459 g/mol. The number of esters is 1. The third-order valence-electron chi connectivity index (χ3n) is 5.44. The van der Waals surface area contributed by atoms with Gasteiger partial charge in [-0.15, -0.1) is 11.3 Å². The molecule has 0 radical (unpaired) electrons. The highest BCUT2D eigenvalue weighted by Gasteiger charge is 2.30. The number of anilines is 1. The van der Waals surface area contributed by atoms with Crippen LogP contribution in [0.2, 0.25) is 0 Å². The molecule has 1 aromatic heterocycles. The molecule has 1 aliphatic heterocycles. The van der Waals surface area contributed by atoms with E-state index in [9.17, 15) is 14.4 Å². The molecule has 1 aromatic carbocycles. The van der Waals surface area contributed by atoms with Crippen molar-refractivity contribution >= 4 is 34.1 Å². The Hall–Kier alpha value is -3.07. The third-order valence-corrected chi connectivity index (χ3v) is 6.65. The Labute approximate surface area is 190 Å². The first-order valence-corrected chi connectivity index (χ1v) is 11.5. The molecule has 0 saturated carbocycles. The van der Waals surface area contributed by atoms with Crippen LogP contribution < -0.4 is 20.1 Å². The lowest BCUT2D eigenvalue weighted by atomic mass is 10.1. The maximum atomic E-state index is 13.0. The van der Waals surface area contributed by atoms with Gasteiger partial charge in [0.2, 0.25) is 12.7 Å². The Kier molecular flexibility index (Phi) is 6.36. The third kappa shape index (κ3) is 4.57. The van der Waals surface area contributed by atoms with Crippen molar-refractivity contribution in [1.82, 2.24) is 5.32 Å². The quantitative estimate of drug-likeness (QED) is 0.617. The number of nitrogens with one attached hydrogen (secondary N) is 2. The Morgan fingerprint density at radius 2 is 1.88 bits per heavy atom. The van der Waals surface area contributed by atoms with E-state index in [0.717, 1.165) is 35.3 Å². The lowest BCUT2D eigenvalue weighted by molar-refractivity contribution is -0.129. The summed E-state index contributed by atoms with van der Waals surface area (Å²) in [5, 5.41) is 6.13. The van der Waals surface area contributed by atoms with Crippen molar-refractivity contribution in [2.24, 2.45) is 5.92 Å². The highest BCUT2D eigenvalue weighted by molar-refractivity contribution is 7.17. The van der Waals surface area contributed by atoms with Crippen molar-refractivity contribution < 1.29 is 28.6 Å². The van der Waals surface area contributed by atoms with Crippen molar-refractivity contribution in [2.75, 3.05) is 12.1 Å². The predicted octanol–water partition coefficient (Wildman–Crippen LogP) is 3.42. The van der Waals surface area contributed by atoms with E-state index < -0.39 is 18.0 Å². The van der Waals surface area contributed by atoms with Crippen molar-refractivity contribution in [3.05, 3.63) is 39.8 Å². The minimum atomic E-state index is -0.984. The van der Waals surface area contributed by atoms with Gasteiger partial charge in [-0.25, -0.2) is 4.79 Å². The molecule has 2 aromatic rings. The molecule has 0 spiro atoms. The van der Waals surface area contributed by atoms with Crippen LogP contribution >= 0.6 is 11.3 Å². The van der Waals surface area contributed by atoms with Crippen molar-refractivity contribution in [3.8, 4) is 11.5 Å². The first-order chi connectivity index (χ1) is 15.3. The number of hydrogen-bond acceptors (Lipinski definition) is 7. The molecule has 8 nitrogen and oxygen atoms in total. The monoisotopic (exact) mass is 458 g/mol. The van der Waals surface area contributed by atoms with Crippen LogP contribution in [-0.4, -0.2) is 30.7 Å². The van der Waals surface area contributed by atoms with Gasteiger partial charge in [-0.2, -0.15) is 0 Å². The molecule has 4 rings (SSSR count). The van der Waals surface area contributed by atoms with Gasteiger partial charge < -0.3 is 24.8 Å². The SMILES string of the molecule is CC(C)C(=O)Nc1sc2c(c1C(=O)O[C@@H](C)C(=O)NCc1ccc3c(c1)OCO3)CCC2. The van der Waals surface area contributed by atoms with Gasteiger partial charge in [-0.3, -0.25) is 9.59 Å². The first-order valence-electron chi connectivity index (χ1n) is 10.7. The van der Waals surface area contributed by atoms with Gasteiger partial charge in [-0.1, -0.05) is 19.9 Å². The van der Waals surface area contributed by atoms with Gasteiger partial charge in [0.1, 0.15) is 5.00 Å². The molecule has 0 saturated heterocycles. The van der Waals surface area contributed by atoms with Crippen LogP contribution in [0.25, 0.3) is 0 Å². The second kappa shape index (κ2) is 9.20. The van der Waals surface area contributed by atoms with E-state index >= 15 is 0 Å². The molecule has 32 heavy (non-hydrogen) atoms. The Morgan fingerprint density at radius 3 is 2.66 bits per heavy atom. The molecular weight excluding hydrogens is 432 g/mol. The molecule has 0 unspecified atom stereocenters. The van der Waals surface area contributed by atoms with Crippen LogP contribution in [0.4, 0.5) is 5.00 Å². The van der Waals surface area contributed by atoms with Crippen LogP contribution in [0.1, 0.15) is 53.6 Å². The van der Waals surface area contributed by atoms with Crippen LogP contribution in [0.3, 0.4) is 0 Å². The van der Waals surface area contributed by atoms with Crippen LogP contribution in [0, 0.1) is 5.92 Å². The summed E-state index contributed by atoms with van der Waals surface area (Å²) in [7, 11) is 0. The first kappa shape index (κ1) is 22.1. The highest BCUT2D eigenvalue weighted by atomic mass is 32.1. The smallest absolute Gasteiger partial charge is 0.342 e. The topological polar surface area (TPSA) is 103 Å². The maximum Gasteiger partial charge on any atom is 0.342 e. The second-order valence-corrected chi connectivity index (χ2v) is 9.26. The normalized spacial score (nSPS) is 14.8. The fraction of sp³-hybridized carbons (Fsp3) is 0.435. The number of hydrogen-bond donors (Lipinski definition) is 2. The Morgan fingerprint density at radius 1 is 1.09 bits per heavy atom. The number of carbonyl (C=O) groups is 3. The molecule has 0 fully saturated rings. The molecule has 2 amide bonds.